The highest BCUT2D eigenvalue weighted by Gasteiger charge is 2.30. The average Bonchev–Trinajstić information content (AvgIpc) is 2.83. The molecule has 1 aromatic heterocycles. The number of amides is 1. The van der Waals surface area contributed by atoms with E-state index in [0.29, 0.717) is 18.3 Å². The van der Waals surface area contributed by atoms with Crippen LogP contribution in [0.3, 0.4) is 0 Å². The van der Waals surface area contributed by atoms with Gasteiger partial charge in [0.1, 0.15) is 0 Å². The van der Waals surface area contributed by atoms with Gasteiger partial charge in [0, 0.05) is 30.1 Å². The minimum absolute atomic E-state index is 0.160. The number of para-hydroxylation sites is 1. The molecule has 0 bridgehead atoms. The van der Waals surface area contributed by atoms with Crippen molar-refractivity contribution in [1.82, 2.24) is 10.3 Å². The maximum Gasteiger partial charge on any atom is 0.220 e. The Morgan fingerprint density at radius 2 is 2.10 bits per heavy atom. The monoisotopic (exact) mass is 270 g/mol. The van der Waals surface area contributed by atoms with Gasteiger partial charge in [-0.05, 0) is 36.3 Å². The van der Waals surface area contributed by atoms with Crippen molar-refractivity contribution in [2.45, 2.75) is 32.6 Å². The fraction of sp³-hybridized carbons (Fsp3) is 0.471. The van der Waals surface area contributed by atoms with Gasteiger partial charge in [0.05, 0.1) is 0 Å². The van der Waals surface area contributed by atoms with Crippen LogP contribution < -0.4 is 5.32 Å². The summed E-state index contributed by atoms with van der Waals surface area (Å²) in [6.45, 7) is 2.24. The minimum Gasteiger partial charge on any atom is -0.359 e. The van der Waals surface area contributed by atoms with Gasteiger partial charge in [-0.15, -0.1) is 0 Å². The first kappa shape index (κ1) is 13.2. The quantitative estimate of drug-likeness (QED) is 0.884. The lowest BCUT2D eigenvalue weighted by Crippen LogP contribution is -2.30. The summed E-state index contributed by atoms with van der Waals surface area (Å²) >= 11 is 0. The fourth-order valence-corrected chi connectivity index (χ4v) is 3.58. The second-order valence-corrected chi connectivity index (χ2v) is 5.84. The van der Waals surface area contributed by atoms with E-state index >= 15 is 0 Å². The predicted molar refractivity (Wildman–Crippen MR) is 81.7 cm³/mol. The van der Waals surface area contributed by atoms with Gasteiger partial charge < -0.3 is 10.3 Å². The summed E-state index contributed by atoms with van der Waals surface area (Å²) in [7, 11) is 1.72. The van der Waals surface area contributed by atoms with Crippen LogP contribution in [0.1, 0.15) is 31.0 Å². The van der Waals surface area contributed by atoms with Crippen molar-refractivity contribution >= 4 is 16.8 Å². The number of fused-ring (bicyclic) bond motifs is 3. The SMILES string of the molecule is CCC1Cc2c([nH]c3ccccc23)CC1CC(=O)NC. The zero-order valence-corrected chi connectivity index (χ0v) is 12.2. The molecule has 0 saturated carbocycles. The lowest BCUT2D eigenvalue weighted by molar-refractivity contribution is -0.122. The number of hydrogen-bond donors (Lipinski definition) is 2. The molecule has 0 fully saturated rings. The van der Waals surface area contributed by atoms with Crippen molar-refractivity contribution < 1.29 is 4.79 Å². The molecule has 1 heterocycles. The van der Waals surface area contributed by atoms with Crippen molar-refractivity contribution in [1.29, 1.82) is 0 Å². The third kappa shape index (κ3) is 2.21. The first-order valence-corrected chi connectivity index (χ1v) is 7.52. The summed E-state index contributed by atoms with van der Waals surface area (Å²) in [5.74, 6) is 1.23. The Kier molecular flexibility index (Phi) is 3.51. The van der Waals surface area contributed by atoms with Gasteiger partial charge in [0.15, 0.2) is 0 Å². The molecule has 1 aliphatic carbocycles. The number of nitrogens with one attached hydrogen (secondary N) is 2. The van der Waals surface area contributed by atoms with Crippen molar-refractivity contribution in [2.24, 2.45) is 11.8 Å². The average molecular weight is 270 g/mol. The molecule has 3 heteroatoms. The maximum atomic E-state index is 11.7. The molecule has 106 valence electrons. The van der Waals surface area contributed by atoms with Crippen LogP contribution in [0, 0.1) is 11.8 Å². The Hall–Kier alpha value is -1.77. The molecule has 3 rings (SSSR count). The first-order valence-electron chi connectivity index (χ1n) is 7.52. The van der Waals surface area contributed by atoms with E-state index in [9.17, 15) is 4.79 Å². The van der Waals surface area contributed by atoms with E-state index in [4.69, 9.17) is 0 Å². The topological polar surface area (TPSA) is 44.9 Å². The fourth-order valence-electron chi connectivity index (χ4n) is 3.58. The Labute approximate surface area is 119 Å². The lowest BCUT2D eigenvalue weighted by Gasteiger charge is -2.30. The Bertz CT molecular complexity index is 629. The molecular weight excluding hydrogens is 248 g/mol. The number of aromatic nitrogens is 1. The third-order valence-corrected chi connectivity index (χ3v) is 4.75. The summed E-state index contributed by atoms with van der Waals surface area (Å²) in [5.41, 5.74) is 4.04. The minimum atomic E-state index is 0.160. The van der Waals surface area contributed by atoms with Crippen LogP contribution >= 0.6 is 0 Å². The largest absolute Gasteiger partial charge is 0.359 e. The Morgan fingerprint density at radius 3 is 2.85 bits per heavy atom. The van der Waals surface area contributed by atoms with E-state index in [2.05, 4.69) is 41.5 Å². The number of hydrogen-bond acceptors (Lipinski definition) is 1. The molecule has 3 nitrogen and oxygen atoms in total. The Morgan fingerprint density at radius 1 is 1.30 bits per heavy atom. The number of carbonyl (C=O) groups excluding carboxylic acids is 1. The van der Waals surface area contributed by atoms with E-state index in [-0.39, 0.29) is 5.91 Å². The summed E-state index contributed by atoms with van der Waals surface area (Å²) in [6.07, 6.45) is 3.87. The van der Waals surface area contributed by atoms with Gasteiger partial charge in [0.25, 0.3) is 0 Å². The number of benzene rings is 1. The lowest BCUT2D eigenvalue weighted by atomic mass is 9.75. The number of aromatic amines is 1. The molecule has 1 aromatic carbocycles. The van der Waals surface area contributed by atoms with Gasteiger partial charge >= 0.3 is 0 Å². The van der Waals surface area contributed by atoms with E-state index in [1.165, 1.54) is 22.2 Å². The van der Waals surface area contributed by atoms with Crippen LogP contribution in [0.2, 0.25) is 0 Å². The zero-order chi connectivity index (χ0) is 14.1. The molecule has 2 unspecified atom stereocenters. The van der Waals surface area contributed by atoms with E-state index in [1.807, 2.05) is 0 Å². The van der Waals surface area contributed by atoms with Crippen molar-refractivity contribution in [3.63, 3.8) is 0 Å². The van der Waals surface area contributed by atoms with E-state index < -0.39 is 0 Å². The molecule has 2 aromatic rings. The number of H-pyrrole nitrogens is 1. The van der Waals surface area contributed by atoms with Gasteiger partial charge in [0.2, 0.25) is 5.91 Å². The highest BCUT2D eigenvalue weighted by atomic mass is 16.1. The molecule has 2 N–H and O–H groups in total. The summed E-state index contributed by atoms with van der Waals surface area (Å²) in [6, 6.07) is 8.52. The summed E-state index contributed by atoms with van der Waals surface area (Å²) in [4.78, 5) is 15.3. The molecule has 2 atom stereocenters. The standard InChI is InChI=1S/C17H22N2O/c1-3-11-8-14-13-6-4-5-7-15(13)19-16(14)9-12(11)10-17(20)18-2/h4-7,11-12,19H,3,8-10H2,1-2H3,(H,18,20). The Balaban J connectivity index is 1.94. The van der Waals surface area contributed by atoms with Gasteiger partial charge in [-0.25, -0.2) is 0 Å². The molecule has 20 heavy (non-hydrogen) atoms. The molecule has 0 radical (unpaired) electrons. The van der Waals surface area contributed by atoms with Gasteiger partial charge in [-0.3, -0.25) is 4.79 Å². The normalized spacial score (nSPS) is 21.7. The smallest absolute Gasteiger partial charge is 0.220 e. The van der Waals surface area contributed by atoms with Crippen LogP contribution in [0.4, 0.5) is 0 Å². The van der Waals surface area contributed by atoms with E-state index in [1.54, 1.807) is 7.05 Å². The van der Waals surface area contributed by atoms with Crippen LogP contribution in [0.5, 0.6) is 0 Å². The van der Waals surface area contributed by atoms with E-state index in [0.717, 1.165) is 19.3 Å². The van der Waals surface area contributed by atoms with Gasteiger partial charge in [-0.1, -0.05) is 31.5 Å². The molecule has 1 amide bonds. The first-order chi connectivity index (χ1) is 9.72. The number of rotatable bonds is 3. The molecule has 1 aliphatic rings. The van der Waals surface area contributed by atoms with Crippen LogP contribution in [-0.2, 0) is 17.6 Å². The summed E-state index contributed by atoms with van der Waals surface area (Å²) < 4.78 is 0. The number of carbonyl (C=O) groups is 1. The predicted octanol–water partition coefficient (Wildman–Crippen LogP) is 3.05. The van der Waals surface area contributed by atoms with Crippen LogP contribution in [0.25, 0.3) is 10.9 Å². The molecule has 0 saturated heterocycles. The second-order valence-electron chi connectivity index (χ2n) is 5.84. The summed E-state index contributed by atoms with van der Waals surface area (Å²) in [5, 5.41) is 4.12. The highest BCUT2D eigenvalue weighted by Crippen LogP contribution is 2.37. The van der Waals surface area contributed by atoms with Crippen LogP contribution in [0.15, 0.2) is 24.3 Å². The van der Waals surface area contributed by atoms with Gasteiger partial charge in [-0.2, -0.15) is 0 Å². The highest BCUT2D eigenvalue weighted by molar-refractivity contribution is 5.85. The van der Waals surface area contributed by atoms with Crippen molar-refractivity contribution in [2.75, 3.05) is 7.05 Å². The van der Waals surface area contributed by atoms with Crippen LogP contribution in [-0.4, -0.2) is 17.9 Å². The maximum absolute atomic E-state index is 11.7. The third-order valence-electron chi connectivity index (χ3n) is 4.75. The van der Waals surface area contributed by atoms with Crippen molar-refractivity contribution in [3.05, 3.63) is 35.5 Å². The molecule has 0 aliphatic heterocycles. The molecule has 0 spiro atoms. The zero-order valence-electron chi connectivity index (χ0n) is 12.2. The molecular formula is C17H22N2O. The van der Waals surface area contributed by atoms with Crippen molar-refractivity contribution in [3.8, 4) is 0 Å². The second kappa shape index (κ2) is 5.31.